The van der Waals surface area contributed by atoms with Crippen molar-refractivity contribution in [1.82, 2.24) is 4.57 Å². The second kappa shape index (κ2) is 8.76. The van der Waals surface area contributed by atoms with Gasteiger partial charge in [-0.25, -0.2) is 8.42 Å². The lowest BCUT2D eigenvalue weighted by Gasteiger charge is -2.11. The van der Waals surface area contributed by atoms with Gasteiger partial charge in [0.2, 0.25) is 0 Å². The summed E-state index contributed by atoms with van der Waals surface area (Å²) in [4.78, 5) is 12.9. The van der Waals surface area contributed by atoms with Gasteiger partial charge in [0, 0.05) is 35.4 Å². The van der Waals surface area contributed by atoms with Gasteiger partial charge in [0.15, 0.2) is 0 Å². The zero-order chi connectivity index (χ0) is 22.7. The molecule has 0 bridgehead atoms. The average molecular weight is 450 g/mol. The molecule has 0 aliphatic carbocycles. The number of rotatable bonds is 7. The zero-order valence-electron chi connectivity index (χ0n) is 17.7. The minimum atomic E-state index is -3.87. The van der Waals surface area contributed by atoms with Gasteiger partial charge in [-0.15, -0.1) is 0 Å². The highest BCUT2D eigenvalue weighted by atomic mass is 32.2. The van der Waals surface area contributed by atoms with Crippen LogP contribution in [0.15, 0.2) is 83.9 Å². The van der Waals surface area contributed by atoms with Gasteiger partial charge in [-0.3, -0.25) is 9.52 Å². The van der Waals surface area contributed by atoms with Crippen molar-refractivity contribution in [3.8, 4) is 5.75 Å². The summed E-state index contributed by atoms with van der Waals surface area (Å²) in [5.41, 5.74) is 2.29. The summed E-state index contributed by atoms with van der Waals surface area (Å²) in [6.45, 7) is 2.40. The lowest BCUT2D eigenvalue weighted by Crippen LogP contribution is -2.16. The molecule has 0 unspecified atom stereocenters. The molecule has 0 saturated heterocycles. The Bertz CT molecular complexity index is 1380. The molecule has 1 heterocycles. The molecule has 0 saturated carbocycles. The average Bonchev–Trinajstić information content (AvgIpc) is 3.17. The number of carbonyl (C=O) groups excluding carboxylic acids is 1. The summed E-state index contributed by atoms with van der Waals surface area (Å²) in [7, 11) is -1.94. The van der Waals surface area contributed by atoms with Crippen molar-refractivity contribution >= 4 is 38.2 Å². The van der Waals surface area contributed by atoms with Crippen LogP contribution in [0.25, 0.3) is 10.9 Å². The largest absolute Gasteiger partial charge is 0.494 e. The summed E-state index contributed by atoms with van der Waals surface area (Å²) in [6, 6.07) is 20.1. The fourth-order valence-electron chi connectivity index (χ4n) is 3.41. The third-order valence-corrected chi connectivity index (χ3v) is 6.38. The minimum Gasteiger partial charge on any atom is -0.494 e. The van der Waals surface area contributed by atoms with Crippen molar-refractivity contribution in [2.24, 2.45) is 7.05 Å². The van der Waals surface area contributed by atoms with E-state index in [1.807, 2.05) is 49.0 Å². The predicted octanol–water partition coefficient (Wildman–Crippen LogP) is 4.63. The predicted molar refractivity (Wildman–Crippen MR) is 126 cm³/mol. The molecule has 3 aromatic carbocycles. The Labute approximate surface area is 186 Å². The smallest absolute Gasteiger partial charge is 0.261 e. The first-order valence-corrected chi connectivity index (χ1v) is 11.6. The molecule has 1 amide bonds. The van der Waals surface area contributed by atoms with Gasteiger partial charge in [-0.05, 0) is 67.6 Å². The molecule has 4 rings (SSSR count). The van der Waals surface area contributed by atoms with E-state index in [9.17, 15) is 13.2 Å². The van der Waals surface area contributed by atoms with Gasteiger partial charge >= 0.3 is 0 Å². The molecule has 32 heavy (non-hydrogen) atoms. The molecule has 7 nitrogen and oxygen atoms in total. The number of amides is 1. The Morgan fingerprint density at radius 2 is 1.75 bits per heavy atom. The number of fused-ring (bicyclic) bond motifs is 1. The van der Waals surface area contributed by atoms with Crippen molar-refractivity contribution in [2.45, 2.75) is 11.8 Å². The van der Waals surface area contributed by atoms with E-state index in [0.717, 1.165) is 10.9 Å². The summed E-state index contributed by atoms with van der Waals surface area (Å²) < 4.78 is 35.6. The molecule has 2 N–H and O–H groups in total. The van der Waals surface area contributed by atoms with Crippen LogP contribution in [0.2, 0.25) is 0 Å². The van der Waals surface area contributed by atoms with Crippen LogP contribution in [0.1, 0.15) is 17.3 Å². The van der Waals surface area contributed by atoms with Crippen LogP contribution in [-0.2, 0) is 17.1 Å². The Morgan fingerprint density at radius 3 is 2.50 bits per heavy atom. The zero-order valence-corrected chi connectivity index (χ0v) is 18.5. The Hall–Kier alpha value is -3.78. The van der Waals surface area contributed by atoms with Gasteiger partial charge < -0.3 is 14.6 Å². The first-order valence-electron chi connectivity index (χ1n) is 10.1. The number of nitrogens with one attached hydrogen (secondary N) is 2. The SMILES string of the molecule is CCOc1ccc(NS(=O)(=O)c2cccc(C(=O)Nc3cccc4c3ccn4C)c2)cc1. The van der Waals surface area contributed by atoms with Crippen LogP contribution in [-0.4, -0.2) is 25.5 Å². The van der Waals surface area contributed by atoms with Crippen LogP contribution < -0.4 is 14.8 Å². The van der Waals surface area contributed by atoms with Crippen LogP contribution >= 0.6 is 0 Å². The van der Waals surface area contributed by atoms with E-state index in [-0.39, 0.29) is 16.4 Å². The number of aromatic nitrogens is 1. The van der Waals surface area contributed by atoms with Crippen LogP contribution in [0.4, 0.5) is 11.4 Å². The second-order valence-corrected chi connectivity index (χ2v) is 8.89. The van der Waals surface area contributed by atoms with Gasteiger partial charge in [0.1, 0.15) is 5.75 Å². The van der Waals surface area contributed by atoms with Crippen molar-refractivity contribution in [3.63, 3.8) is 0 Å². The van der Waals surface area contributed by atoms with E-state index >= 15 is 0 Å². The van der Waals surface area contributed by atoms with E-state index < -0.39 is 10.0 Å². The number of nitrogens with zero attached hydrogens (tertiary/aromatic N) is 1. The van der Waals surface area contributed by atoms with Crippen molar-refractivity contribution in [3.05, 3.63) is 84.6 Å². The maximum absolute atomic E-state index is 12.9. The summed E-state index contributed by atoms with van der Waals surface area (Å²) in [6.07, 6.45) is 1.92. The van der Waals surface area contributed by atoms with Crippen LogP contribution in [0.5, 0.6) is 5.75 Å². The summed E-state index contributed by atoms with van der Waals surface area (Å²) >= 11 is 0. The normalized spacial score (nSPS) is 11.3. The number of hydrogen-bond acceptors (Lipinski definition) is 4. The molecule has 8 heteroatoms. The fraction of sp³-hybridized carbons (Fsp3) is 0.125. The fourth-order valence-corrected chi connectivity index (χ4v) is 4.51. The molecular formula is C24H23N3O4S. The van der Waals surface area contributed by atoms with Gasteiger partial charge in [0.05, 0.1) is 17.2 Å². The van der Waals surface area contributed by atoms with E-state index in [0.29, 0.717) is 23.7 Å². The topological polar surface area (TPSA) is 89.4 Å². The number of anilines is 2. The number of aryl methyl sites for hydroxylation is 1. The highest BCUT2D eigenvalue weighted by molar-refractivity contribution is 7.92. The second-order valence-electron chi connectivity index (χ2n) is 7.21. The van der Waals surface area contributed by atoms with E-state index in [4.69, 9.17) is 4.74 Å². The maximum Gasteiger partial charge on any atom is 0.261 e. The number of sulfonamides is 1. The Kier molecular flexibility index (Phi) is 5.87. The van der Waals surface area contributed by atoms with Crippen molar-refractivity contribution < 1.29 is 17.9 Å². The molecule has 1 aromatic heterocycles. The maximum atomic E-state index is 12.9. The standard InChI is InChI=1S/C24H23N3O4S/c1-3-31-19-12-10-18(11-13-19)26-32(29,30)20-7-4-6-17(16-20)24(28)25-22-8-5-9-23-21(22)14-15-27(23)2/h4-16,26H,3H2,1-2H3,(H,25,28). The molecule has 0 atom stereocenters. The molecule has 0 radical (unpaired) electrons. The van der Waals surface area contributed by atoms with Crippen LogP contribution in [0, 0.1) is 0 Å². The number of hydrogen-bond donors (Lipinski definition) is 2. The Morgan fingerprint density at radius 1 is 1.00 bits per heavy atom. The third-order valence-electron chi connectivity index (χ3n) is 5.00. The summed E-state index contributed by atoms with van der Waals surface area (Å²) in [5, 5.41) is 3.79. The number of carbonyl (C=O) groups is 1. The van der Waals surface area contributed by atoms with E-state index in [1.54, 1.807) is 36.4 Å². The van der Waals surface area contributed by atoms with E-state index in [2.05, 4.69) is 10.0 Å². The lowest BCUT2D eigenvalue weighted by atomic mass is 10.2. The first kappa shape index (κ1) is 21.5. The third kappa shape index (κ3) is 4.45. The van der Waals surface area contributed by atoms with Crippen molar-refractivity contribution in [1.29, 1.82) is 0 Å². The quantitative estimate of drug-likeness (QED) is 0.430. The molecule has 164 valence electrons. The monoisotopic (exact) mass is 449 g/mol. The van der Waals surface area contributed by atoms with Gasteiger partial charge in [-0.1, -0.05) is 12.1 Å². The van der Waals surface area contributed by atoms with Crippen molar-refractivity contribution in [2.75, 3.05) is 16.6 Å². The Balaban J connectivity index is 1.54. The lowest BCUT2D eigenvalue weighted by molar-refractivity contribution is 0.102. The van der Waals surface area contributed by atoms with E-state index in [1.165, 1.54) is 12.1 Å². The van der Waals surface area contributed by atoms with Gasteiger partial charge in [0.25, 0.3) is 15.9 Å². The number of ether oxygens (including phenoxy) is 1. The van der Waals surface area contributed by atoms with Gasteiger partial charge in [-0.2, -0.15) is 0 Å². The molecule has 0 spiro atoms. The van der Waals surface area contributed by atoms with Crippen LogP contribution in [0.3, 0.4) is 0 Å². The molecule has 4 aromatic rings. The number of benzene rings is 3. The first-order chi connectivity index (χ1) is 15.4. The minimum absolute atomic E-state index is 0.00282. The molecule has 0 aliphatic rings. The highest BCUT2D eigenvalue weighted by Gasteiger charge is 2.17. The summed E-state index contributed by atoms with van der Waals surface area (Å²) in [5.74, 6) is 0.266. The molecule has 0 fully saturated rings. The molecular weight excluding hydrogens is 426 g/mol. The highest BCUT2D eigenvalue weighted by Crippen LogP contribution is 2.25. The molecule has 0 aliphatic heterocycles.